The van der Waals surface area contributed by atoms with E-state index in [4.69, 9.17) is 9.47 Å². The quantitative estimate of drug-likeness (QED) is 0.821. The molecule has 0 saturated heterocycles. The number of benzene rings is 1. The molecule has 0 amide bonds. The number of esters is 1. The highest BCUT2D eigenvalue weighted by atomic mass is 19.1. The van der Waals surface area contributed by atoms with Gasteiger partial charge in [-0.15, -0.1) is 0 Å². The number of halogens is 1. The topological polar surface area (TPSA) is 55.8 Å². The zero-order chi connectivity index (χ0) is 13.7. The summed E-state index contributed by atoms with van der Waals surface area (Å²) in [6.07, 6.45) is -0.983. The fourth-order valence-corrected chi connectivity index (χ4v) is 1.33. The summed E-state index contributed by atoms with van der Waals surface area (Å²) in [7, 11) is 0. The maximum atomic E-state index is 13.5. The zero-order valence-corrected chi connectivity index (χ0v) is 10.6. The van der Waals surface area contributed by atoms with Crippen molar-refractivity contribution in [3.63, 3.8) is 0 Å². The Bertz CT molecular complexity index is 415. The van der Waals surface area contributed by atoms with E-state index >= 15 is 0 Å². The highest BCUT2D eigenvalue weighted by Gasteiger charge is 2.11. The van der Waals surface area contributed by atoms with Gasteiger partial charge in [0.2, 0.25) is 0 Å². The van der Waals surface area contributed by atoms with Crippen molar-refractivity contribution in [2.75, 3.05) is 6.61 Å². The van der Waals surface area contributed by atoms with Crippen LogP contribution in [0.3, 0.4) is 0 Å². The molecule has 1 unspecified atom stereocenters. The average Bonchev–Trinajstić information content (AvgIpc) is 2.26. The van der Waals surface area contributed by atoms with Crippen LogP contribution in [0.4, 0.5) is 4.39 Å². The predicted octanol–water partition coefficient (Wildman–Crippen LogP) is 2.21. The Morgan fingerprint density at radius 2 is 2.06 bits per heavy atom. The normalized spacial score (nSPS) is 12.3. The van der Waals surface area contributed by atoms with Crippen molar-refractivity contribution in [1.29, 1.82) is 0 Å². The molecule has 0 aliphatic heterocycles. The smallest absolute Gasteiger partial charge is 0.344 e. The lowest BCUT2D eigenvalue weighted by Crippen LogP contribution is -2.19. The highest BCUT2D eigenvalue weighted by molar-refractivity contribution is 5.71. The van der Waals surface area contributed by atoms with Crippen molar-refractivity contribution in [2.24, 2.45) is 0 Å². The van der Waals surface area contributed by atoms with Crippen LogP contribution in [0.1, 0.15) is 32.4 Å². The Hall–Kier alpha value is -1.62. The summed E-state index contributed by atoms with van der Waals surface area (Å²) in [6, 6.07) is 4.09. The fraction of sp³-hybridized carbons (Fsp3) is 0.462. The zero-order valence-electron chi connectivity index (χ0n) is 10.6. The Labute approximate surface area is 105 Å². The van der Waals surface area contributed by atoms with Gasteiger partial charge in [-0.05, 0) is 38.5 Å². The monoisotopic (exact) mass is 256 g/mol. The second-order valence-electron chi connectivity index (χ2n) is 4.19. The summed E-state index contributed by atoms with van der Waals surface area (Å²) in [5.41, 5.74) is 0.449. The standard InChI is InChI=1S/C13H17FO4/c1-8(2)18-13(16)7-17-12-5-4-10(9(3)15)6-11(12)14/h4-6,8-9,15H,7H2,1-3H3. The van der Waals surface area contributed by atoms with E-state index in [9.17, 15) is 14.3 Å². The van der Waals surface area contributed by atoms with E-state index in [2.05, 4.69) is 0 Å². The van der Waals surface area contributed by atoms with Crippen molar-refractivity contribution < 1.29 is 23.8 Å². The third-order valence-electron chi connectivity index (χ3n) is 2.15. The van der Waals surface area contributed by atoms with Crippen LogP contribution in [0.25, 0.3) is 0 Å². The molecule has 1 rings (SSSR count). The van der Waals surface area contributed by atoms with E-state index in [1.54, 1.807) is 13.8 Å². The van der Waals surface area contributed by atoms with Gasteiger partial charge >= 0.3 is 5.97 Å². The van der Waals surface area contributed by atoms with Gasteiger partial charge in [0.15, 0.2) is 18.2 Å². The third-order valence-corrected chi connectivity index (χ3v) is 2.15. The van der Waals surface area contributed by atoms with Crippen molar-refractivity contribution in [3.05, 3.63) is 29.6 Å². The first-order chi connectivity index (χ1) is 8.40. The SMILES string of the molecule is CC(C)OC(=O)COc1ccc(C(C)O)cc1F. The van der Waals surface area contributed by atoms with E-state index in [0.717, 1.165) is 0 Å². The molecule has 0 aliphatic carbocycles. The first kappa shape index (κ1) is 14.4. The van der Waals surface area contributed by atoms with Gasteiger partial charge in [0, 0.05) is 0 Å². The summed E-state index contributed by atoms with van der Waals surface area (Å²) in [5, 5.41) is 9.27. The lowest BCUT2D eigenvalue weighted by atomic mass is 10.1. The van der Waals surface area contributed by atoms with Gasteiger partial charge in [-0.25, -0.2) is 9.18 Å². The molecule has 0 radical (unpaired) electrons. The molecule has 1 aromatic rings. The first-order valence-electron chi connectivity index (χ1n) is 5.70. The van der Waals surface area contributed by atoms with Gasteiger partial charge in [-0.3, -0.25) is 0 Å². The maximum Gasteiger partial charge on any atom is 0.344 e. The summed E-state index contributed by atoms with van der Waals surface area (Å²) in [6.45, 7) is 4.63. The van der Waals surface area contributed by atoms with E-state index in [0.29, 0.717) is 5.56 Å². The third kappa shape index (κ3) is 4.33. The highest BCUT2D eigenvalue weighted by Crippen LogP contribution is 2.21. The molecule has 0 bridgehead atoms. The van der Waals surface area contributed by atoms with Gasteiger partial charge in [-0.1, -0.05) is 6.07 Å². The molecule has 1 aromatic carbocycles. The number of rotatable bonds is 5. The lowest BCUT2D eigenvalue weighted by Gasteiger charge is -2.11. The maximum absolute atomic E-state index is 13.5. The van der Waals surface area contributed by atoms with Gasteiger partial charge in [0.05, 0.1) is 12.2 Å². The molecule has 0 aliphatic rings. The number of hydrogen-bond donors (Lipinski definition) is 1. The Morgan fingerprint density at radius 1 is 1.39 bits per heavy atom. The number of hydrogen-bond acceptors (Lipinski definition) is 4. The second kappa shape index (κ2) is 6.35. The van der Waals surface area contributed by atoms with E-state index in [1.807, 2.05) is 0 Å². The Morgan fingerprint density at radius 3 is 2.56 bits per heavy atom. The number of carbonyl (C=O) groups is 1. The Balaban J connectivity index is 2.60. The van der Waals surface area contributed by atoms with Crippen molar-refractivity contribution >= 4 is 5.97 Å². The van der Waals surface area contributed by atoms with Crippen molar-refractivity contribution in [2.45, 2.75) is 33.0 Å². The van der Waals surface area contributed by atoms with E-state index < -0.39 is 17.9 Å². The summed E-state index contributed by atoms with van der Waals surface area (Å²) in [5.74, 6) is -1.21. The Kier molecular flexibility index (Phi) is 5.09. The van der Waals surface area contributed by atoms with Crippen molar-refractivity contribution in [3.8, 4) is 5.75 Å². The molecule has 0 spiro atoms. The number of aliphatic hydroxyl groups is 1. The predicted molar refractivity (Wildman–Crippen MR) is 63.8 cm³/mol. The minimum Gasteiger partial charge on any atom is -0.479 e. The average molecular weight is 256 g/mol. The number of carbonyl (C=O) groups excluding carboxylic acids is 1. The molecule has 1 atom stereocenters. The molecule has 0 aromatic heterocycles. The van der Waals surface area contributed by atoms with Crippen LogP contribution < -0.4 is 4.74 Å². The molecule has 1 N–H and O–H groups in total. The van der Waals surface area contributed by atoms with E-state index in [1.165, 1.54) is 25.1 Å². The molecule has 0 saturated carbocycles. The van der Waals surface area contributed by atoms with Crippen LogP contribution >= 0.6 is 0 Å². The molecular weight excluding hydrogens is 239 g/mol. The molecule has 100 valence electrons. The summed E-state index contributed by atoms with van der Waals surface area (Å²) >= 11 is 0. The number of ether oxygens (including phenoxy) is 2. The molecule has 0 heterocycles. The fourth-order valence-electron chi connectivity index (χ4n) is 1.33. The largest absolute Gasteiger partial charge is 0.479 e. The van der Waals surface area contributed by atoms with Gasteiger partial charge in [-0.2, -0.15) is 0 Å². The summed E-state index contributed by atoms with van der Waals surface area (Å²) < 4.78 is 23.4. The lowest BCUT2D eigenvalue weighted by molar-refractivity contribution is -0.149. The van der Waals surface area contributed by atoms with Gasteiger partial charge in [0.1, 0.15) is 0 Å². The van der Waals surface area contributed by atoms with Crippen LogP contribution in [-0.2, 0) is 9.53 Å². The van der Waals surface area contributed by atoms with Crippen LogP contribution in [0.5, 0.6) is 5.75 Å². The molecule has 0 fully saturated rings. The van der Waals surface area contributed by atoms with E-state index in [-0.39, 0.29) is 18.5 Å². The van der Waals surface area contributed by atoms with Crippen LogP contribution in [-0.4, -0.2) is 23.8 Å². The molecular formula is C13H17FO4. The molecule has 5 heteroatoms. The number of aliphatic hydroxyl groups excluding tert-OH is 1. The van der Waals surface area contributed by atoms with Crippen LogP contribution in [0, 0.1) is 5.82 Å². The van der Waals surface area contributed by atoms with Crippen molar-refractivity contribution in [1.82, 2.24) is 0 Å². The molecule has 4 nitrogen and oxygen atoms in total. The van der Waals surface area contributed by atoms with Crippen LogP contribution in [0.15, 0.2) is 18.2 Å². The minimum atomic E-state index is -0.751. The van der Waals surface area contributed by atoms with Crippen LogP contribution in [0.2, 0.25) is 0 Å². The first-order valence-corrected chi connectivity index (χ1v) is 5.70. The second-order valence-corrected chi connectivity index (χ2v) is 4.19. The minimum absolute atomic E-state index is 0.0416. The van der Waals surface area contributed by atoms with Gasteiger partial charge in [0.25, 0.3) is 0 Å². The molecule has 18 heavy (non-hydrogen) atoms. The summed E-state index contributed by atoms with van der Waals surface area (Å²) in [4.78, 5) is 11.2. The van der Waals surface area contributed by atoms with Gasteiger partial charge < -0.3 is 14.6 Å².